The topological polar surface area (TPSA) is 15.3 Å². The number of nitrogens with one attached hydrogen (secondary N) is 1. The average molecular weight is 330 g/mol. The highest BCUT2D eigenvalue weighted by Gasteiger charge is 2.25. The van der Waals surface area contributed by atoms with E-state index in [1.165, 1.54) is 32.7 Å². The lowest BCUT2D eigenvalue weighted by Crippen LogP contribution is -2.45. The van der Waals surface area contributed by atoms with Crippen molar-refractivity contribution in [2.24, 2.45) is 0 Å². The number of fused-ring (bicyclic) bond motifs is 2. The fourth-order valence-electron chi connectivity index (χ4n) is 4.15. The SMILES string of the molecule is C=C(C)C[C@@H](c1c2ccccc2cc2ccccc12)N1CCNCC1. The van der Waals surface area contributed by atoms with Gasteiger partial charge in [-0.1, -0.05) is 54.1 Å². The van der Waals surface area contributed by atoms with Gasteiger partial charge in [-0.25, -0.2) is 0 Å². The van der Waals surface area contributed by atoms with Crippen LogP contribution in [0.1, 0.15) is 24.9 Å². The van der Waals surface area contributed by atoms with Crippen LogP contribution in [0.15, 0.2) is 66.7 Å². The van der Waals surface area contributed by atoms with Gasteiger partial charge in [0.1, 0.15) is 0 Å². The van der Waals surface area contributed by atoms with Crippen LogP contribution in [0.25, 0.3) is 21.5 Å². The molecule has 1 N–H and O–H groups in total. The van der Waals surface area contributed by atoms with E-state index in [4.69, 9.17) is 0 Å². The third kappa shape index (κ3) is 3.20. The molecule has 0 unspecified atom stereocenters. The van der Waals surface area contributed by atoms with Crippen LogP contribution in [0.5, 0.6) is 0 Å². The maximum atomic E-state index is 4.23. The Bertz CT molecular complexity index is 852. The molecule has 3 aromatic carbocycles. The lowest BCUT2D eigenvalue weighted by atomic mass is 9.88. The van der Waals surface area contributed by atoms with Gasteiger partial charge in [0, 0.05) is 32.2 Å². The molecule has 1 heterocycles. The summed E-state index contributed by atoms with van der Waals surface area (Å²) in [6, 6.07) is 20.3. The minimum Gasteiger partial charge on any atom is -0.314 e. The summed E-state index contributed by atoms with van der Waals surface area (Å²) in [7, 11) is 0. The Morgan fingerprint density at radius 3 is 2.12 bits per heavy atom. The minimum absolute atomic E-state index is 0.385. The van der Waals surface area contributed by atoms with E-state index in [9.17, 15) is 0 Å². The first kappa shape index (κ1) is 16.3. The number of rotatable bonds is 4. The summed E-state index contributed by atoms with van der Waals surface area (Å²) in [6.45, 7) is 10.7. The molecular weight excluding hydrogens is 304 g/mol. The smallest absolute Gasteiger partial charge is 0.0398 e. The van der Waals surface area contributed by atoms with Gasteiger partial charge in [-0.2, -0.15) is 0 Å². The summed E-state index contributed by atoms with van der Waals surface area (Å²) < 4.78 is 0. The Kier molecular flexibility index (Phi) is 4.56. The van der Waals surface area contributed by atoms with E-state index < -0.39 is 0 Å². The number of hydrogen-bond donors (Lipinski definition) is 1. The van der Waals surface area contributed by atoms with Crippen molar-refractivity contribution in [3.63, 3.8) is 0 Å². The van der Waals surface area contributed by atoms with E-state index in [0.717, 1.165) is 32.6 Å². The molecule has 1 aliphatic heterocycles. The second kappa shape index (κ2) is 6.99. The predicted octanol–water partition coefficient (Wildman–Crippen LogP) is 4.91. The summed E-state index contributed by atoms with van der Waals surface area (Å²) >= 11 is 0. The van der Waals surface area contributed by atoms with Gasteiger partial charge in [-0.05, 0) is 46.5 Å². The zero-order chi connectivity index (χ0) is 17.2. The van der Waals surface area contributed by atoms with E-state index >= 15 is 0 Å². The molecule has 25 heavy (non-hydrogen) atoms. The van der Waals surface area contributed by atoms with Gasteiger partial charge in [0.25, 0.3) is 0 Å². The van der Waals surface area contributed by atoms with Crippen LogP contribution in [-0.2, 0) is 0 Å². The van der Waals surface area contributed by atoms with Crippen molar-refractivity contribution in [2.75, 3.05) is 26.2 Å². The molecule has 1 fully saturated rings. The maximum Gasteiger partial charge on any atom is 0.0398 e. The second-order valence-corrected chi connectivity index (χ2v) is 7.20. The highest BCUT2D eigenvalue weighted by molar-refractivity contribution is 6.02. The van der Waals surface area contributed by atoms with Crippen molar-refractivity contribution in [3.05, 3.63) is 72.3 Å². The molecule has 0 saturated carbocycles. The lowest BCUT2D eigenvalue weighted by molar-refractivity contribution is 0.174. The van der Waals surface area contributed by atoms with Gasteiger partial charge < -0.3 is 5.32 Å². The molecule has 0 bridgehead atoms. The van der Waals surface area contributed by atoms with E-state index in [1.54, 1.807) is 0 Å². The molecule has 0 amide bonds. The Morgan fingerprint density at radius 1 is 1.00 bits per heavy atom. The molecule has 1 atom stereocenters. The molecule has 0 aliphatic carbocycles. The van der Waals surface area contributed by atoms with E-state index in [0.29, 0.717) is 6.04 Å². The normalized spacial score (nSPS) is 17.0. The summed E-state index contributed by atoms with van der Waals surface area (Å²) in [4.78, 5) is 2.64. The van der Waals surface area contributed by atoms with Gasteiger partial charge in [0.2, 0.25) is 0 Å². The fraction of sp³-hybridized carbons (Fsp3) is 0.304. The third-order valence-corrected chi connectivity index (χ3v) is 5.28. The maximum absolute atomic E-state index is 4.23. The number of benzene rings is 3. The Morgan fingerprint density at radius 2 is 1.56 bits per heavy atom. The van der Waals surface area contributed by atoms with Crippen LogP contribution >= 0.6 is 0 Å². The van der Waals surface area contributed by atoms with Crippen molar-refractivity contribution in [1.29, 1.82) is 0 Å². The highest BCUT2D eigenvalue weighted by atomic mass is 15.2. The number of hydrogen-bond acceptors (Lipinski definition) is 2. The van der Waals surface area contributed by atoms with E-state index in [1.807, 2.05) is 0 Å². The fourth-order valence-corrected chi connectivity index (χ4v) is 4.15. The predicted molar refractivity (Wildman–Crippen MR) is 108 cm³/mol. The first-order valence-corrected chi connectivity index (χ1v) is 9.23. The van der Waals surface area contributed by atoms with Gasteiger partial charge in [0.05, 0.1) is 0 Å². The monoisotopic (exact) mass is 330 g/mol. The third-order valence-electron chi connectivity index (χ3n) is 5.28. The van der Waals surface area contributed by atoms with Gasteiger partial charge >= 0.3 is 0 Å². The molecule has 0 aromatic heterocycles. The summed E-state index contributed by atoms with van der Waals surface area (Å²) in [6.07, 6.45) is 1.01. The minimum atomic E-state index is 0.385. The lowest BCUT2D eigenvalue weighted by Gasteiger charge is -2.36. The highest BCUT2D eigenvalue weighted by Crippen LogP contribution is 2.38. The Hall–Kier alpha value is -2.16. The molecule has 1 saturated heterocycles. The van der Waals surface area contributed by atoms with E-state index in [2.05, 4.69) is 78.3 Å². The molecule has 1 aliphatic rings. The van der Waals surface area contributed by atoms with Crippen molar-refractivity contribution in [1.82, 2.24) is 10.2 Å². The molecule has 2 heteroatoms. The van der Waals surface area contributed by atoms with Crippen molar-refractivity contribution in [3.8, 4) is 0 Å². The zero-order valence-corrected chi connectivity index (χ0v) is 15.0. The zero-order valence-electron chi connectivity index (χ0n) is 15.0. The summed E-state index contributed by atoms with van der Waals surface area (Å²) in [5.74, 6) is 0. The average Bonchev–Trinajstić information content (AvgIpc) is 2.65. The standard InChI is InChI=1S/C23H26N2/c1-17(2)15-22(25-13-11-24-12-14-25)23-20-9-5-3-7-18(20)16-19-8-4-6-10-21(19)23/h3-10,16,22,24H,1,11-15H2,2H3/t22-/m0/s1. The molecule has 4 rings (SSSR count). The van der Waals surface area contributed by atoms with Gasteiger partial charge in [-0.15, -0.1) is 6.58 Å². The molecule has 2 nitrogen and oxygen atoms in total. The first-order valence-electron chi connectivity index (χ1n) is 9.23. The van der Waals surface area contributed by atoms with Crippen LogP contribution in [-0.4, -0.2) is 31.1 Å². The van der Waals surface area contributed by atoms with Crippen LogP contribution in [0.3, 0.4) is 0 Å². The van der Waals surface area contributed by atoms with Crippen LogP contribution in [0, 0.1) is 0 Å². The molecule has 128 valence electrons. The van der Waals surface area contributed by atoms with Crippen molar-refractivity contribution in [2.45, 2.75) is 19.4 Å². The van der Waals surface area contributed by atoms with Crippen LogP contribution in [0.2, 0.25) is 0 Å². The quantitative estimate of drug-likeness (QED) is 0.540. The summed E-state index contributed by atoms with van der Waals surface area (Å²) in [5.41, 5.74) is 2.72. The number of nitrogens with zero attached hydrogens (tertiary/aromatic N) is 1. The Balaban J connectivity index is 1.97. The van der Waals surface area contributed by atoms with Crippen molar-refractivity contribution >= 4 is 21.5 Å². The Labute approximate surface area is 150 Å². The summed E-state index contributed by atoms with van der Waals surface area (Å²) in [5, 5.41) is 8.91. The van der Waals surface area contributed by atoms with Gasteiger partial charge in [0.15, 0.2) is 0 Å². The molecule has 0 radical (unpaired) electrons. The number of piperazine rings is 1. The molecule has 0 spiro atoms. The van der Waals surface area contributed by atoms with E-state index in [-0.39, 0.29) is 0 Å². The molecule has 3 aromatic rings. The molecular formula is C23H26N2. The first-order chi connectivity index (χ1) is 12.2. The van der Waals surface area contributed by atoms with Gasteiger partial charge in [-0.3, -0.25) is 4.90 Å². The largest absolute Gasteiger partial charge is 0.314 e. The van der Waals surface area contributed by atoms with Crippen LogP contribution < -0.4 is 5.32 Å². The second-order valence-electron chi connectivity index (χ2n) is 7.20. The van der Waals surface area contributed by atoms with Crippen molar-refractivity contribution < 1.29 is 0 Å². The van der Waals surface area contributed by atoms with Crippen LogP contribution in [0.4, 0.5) is 0 Å².